The third-order valence-corrected chi connectivity index (χ3v) is 2.80. The van der Waals surface area contributed by atoms with E-state index in [1.54, 1.807) is 18.2 Å². The van der Waals surface area contributed by atoms with Crippen LogP contribution in [-0.4, -0.2) is 11.7 Å². The number of carbonyl (C=O) groups excluding carboxylic acids is 2. The molecular formula is C16H15NO2. The fourth-order valence-electron chi connectivity index (χ4n) is 1.75. The average molecular weight is 253 g/mol. The summed E-state index contributed by atoms with van der Waals surface area (Å²) < 4.78 is 0. The van der Waals surface area contributed by atoms with Crippen molar-refractivity contribution in [2.24, 2.45) is 0 Å². The Morgan fingerprint density at radius 2 is 1.58 bits per heavy atom. The zero-order valence-corrected chi connectivity index (χ0v) is 10.9. The lowest BCUT2D eigenvalue weighted by molar-refractivity contribution is -0.112. The molecule has 0 heterocycles. The zero-order valence-electron chi connectivity index (χ0n) is 10.9. The summed E-state index contributed by atoms with van der Waals surface area (Å²) in [6, 6.07) is 14.3. The van der Waals surface area contributed by atoms with Gasteiger partial charge in [0.1, 0.15) is 0 Å². The smallest absolute Gasteiger partial charge is 0.296 e. The molecule has 1 amide bonds. The van der Waals surface area contributed by atoms with Crippen molar-refractivity contribution in [3.05, 3.63) is 65.2 Å². The third-order valence-electron chi connectivity index (χ3n) is 2.80. The first-order chi connectivity index (χ1) is 9.06. The Labute approximate surface area is 112 Å². The largest absolute Gasteiger partial charge is 0.319 e. The molecular weight excluding hydrogens is 238 g/mol. The van der Waals surface area contributed by atoms with Crippen molar-refractivity contribution >= 4 is 17.4 Å². The van der Waals surface area contributed by atoms with Gasteiger partial charge in [-0.2, -0.15) is 0 Å². The molecule has 2 aromatic carbocycles. The van der Waals surface area contributed by atoms with Crippen molar-refractivity contribution in [1.29, 1.82) is 0 Å². The maximum absolute atomic E-state index is 11.9. The molecule has 19 heavy (non-hydrogen) atoms. The van der Waals surface area contributed by atoms with Crippen LogP contribution in [0.3, 0.4) is 0 Å². The van der Waals surface area contributed by atoms with Gasteiger partial charge in [-0.15, -0.1) is 0 Å². The topological polar surface area (TPSA) is 46.2 Å². The van der Waals surface area contributed by atoms with Crippen LogP contribution >= 0.6 is 0 Å². The lowest BCUT2D eigenvalue weighted by Gasteiger charge is -2.05. The van der Waals surface area contributed by atoms with Crippen LogP contribution < -0.4 is 5.32 Å². The first-order valence-corrected chi connectivity index (χ1v) is 6.05. The van der Waals surface area contributed by atoms with E-state index in [0.717, 1.165) is 11.1 Å². The van der Waals surface area contributed by atoms with Gasteiger partial charge in [-0.3, -0.25) is 9.59 Å². The predicted molar refractivity (Wildman–Crippen MR) is 75.3 cm³/mol. The number of ketones is 1. The van der Waals surface area contributed by atoms with E-state index in [1.165, 1.54) is 0 Å². The molecule has 0 aromatic heterocycles. The number of nitrogens with one attached hydrogen (secondary N) is 1. The summed E-state index contributed by atoms with van der Waals surface area (Å²) in [6.45, 7) is 3.86. The lowest BCUT2D eigenvalue weighted by atomic mass is 10.1. The van der Waals surface area contributed by atoms with E-state index < -0.39 is 11.7 Å². The van der Waals surface area contributed by atoms with Crippen LogP contribution in [0.2, 0.25) is 0 Å². The van der Waals surface area contributed by atoms with Gasteiger partial charge >= 0.3 is 0 Å². The summed E-state index contributed by atoms with van der Waals surface area (Å²) in [4.78, 5) is 23.8. The summed E-state index contributed by atoms with van der Waals surface area (Å²) in [7, 11) is 0. The van der Waals surface area contributed by atoms with Crippen LogP contribution in [-0.2, 0) is 4.79 Å². The van der Waals surface area contributed by atoms with E-state index in [4.69, 9.17) is 0 Å². The Balaban J connectivity index is 2.12. The summed E-state index contributed by atoms with van der Waals surface area (Å²) in [6.07, 6.45) is 0. The predicted octanol–water partition coefficient (Wildman–Crippen LogP) is 3.12. The number of rotatable bonds is 3. The van der Waals surface area contributed by atoms with Gasteiger partial charge in [0, 0.05) is 11.3 Å². The van der Waals surface area contributed by atoms with E-state index in [2.05, 4.69) is 5.32 Å². The van der Waals surface area contributed by atoms with Crippen molar-refractivity contribution in [1.82, 2.24) is 0 Å². The summed E-state index contributed by atoms with van der Waals surface area (Å²) in [5.41, 5.74) is 3.11. The number of hydrogen-bond acceptors (Lipinski definition) is 2. The fraction of sp³-hybridized carbons (Fsp3) is 0.125. The first kappa shape index (κ1) is 13.0. The zero-order chi connectivity index (χ0) is 13.8. The third kappa shape index (κ3) is 3.28. The van der Waals surface area contributed by atoms with Gasteiger partial charge in [0.15, 0.2) is 0 Å². The number of amides is 1. The Morgan fingerprint density at radius 1 is 0.895 bits per heavy atom. The number of aryl methyl sites for hydroxylation is 2. The first-order valence-electron chi connectivity index (χ1n) is 6.05. The monoisotopic (exact) mass is 253 g/mol. The molecule has 0 atom stereocenters. The Kier molecular flexibility index (Phi) is 3.76. The van der Waals surface area contributed by atoms with Gasteiger partial charge in [-0.1, -0.05) is 42.0 Å². The van der Waals surface area contributed by atoms with Crippen molar-refractivity contribution in [3.63, 3.8) is 0 Å². The van der Waals surface area contributed by atoms with Crippen LogP contribution in [0.25, 0.3) is 0 Å². The molecule has 3 nitrogen and oxygen atoms in total. The molecule has 2 rings (SSSR count). The summed E-state index contributed by atoms with van der Waals surface area (Å²) in [5, 5.41) is 2.61. The molecule has 0 saturated heterocycles. The standard InChI is InChI=1S/C16H15NO2/c1-11-6-8-13(9-7-11)15(18)16(19)17-14-5-3-4-12(2)10-14/h3-10H,1-2H3,(H,17,19). The quantitative estimate of drug-likeness (QED) is 0.674. The van der Waals surface area contributed by atoms with Gasteiger partial charge in [0.25, 0.3) is 11.7 Å². The molecule has 2 aromatic rings. The van der Waals surface area contributed by atoms with Crippen molar-refractivity contribution in [2.75, 3.05) is 5.32 Å². The number of Topliss-reactive ketones (excluding diaryl/α,β-unsaturated/α-hetero) is 1. The van der Waals surface area contributed by atoms with Crippen LogP contribution in [0.1, 0.15) is 21.5 Å². The average Bonchev–Trinajstić information content (AvgIpc) is 2.39. The molecule has 0 aliphatic heterocycles. The molecule has 0 aliphatic rings. The molecule has 1 N–H and O–H groups in total. The second kappa shape index (κ2) is 5.48. The van der Waals surface area contributed by atoms with Gasteiger partial charge in [0.2, 0.25) is 0 Å². The van der Waals surface area contributed by atoms with Crippen LogP contribution in [0.4, 0.5) is 5.69 Å². The molecule has 3 heteroatoms. The normalized spacial score (nSPS) is 10.0. The Morgan fingerprint density at radius 3 is 2.21 bits per heavy atom. The van der Waals surface area contributed by atoms with Crippen molar-refractivity contribution in [2.45, 2.75) is 13.8 Å². The highest BCUT2D eigenvalue weighted by Crippen LogP contribution is 2.11. The van der Waals surface area contributed by atoms with E-state index in [9.17, 15) is 9.59 Å². The van der Waals surface area contributed by atoms with Crippen molar-refractivity contribution in [3.8, 4) is 0 Å². The summed E-state index contributed by atoms with van der Waals surface area (Å²) >= 11 is 0. The molecule has 0 saturated carbocycles. The lowest BCUT2D eigenvalue weighted by Crippen LogP contribution is -2.22. The van der Waals surface area contributed by atoms with E-state index in [1.807, 2.05) is 44.2 Å². The molecule has 0 aliphatic carbocycles. The van der Waals surface area contributed by atoms with E-state index >= 15 is 0 Å². The molecule has 0 spiro atoms. The second-order valence-electron chi connectivity index (χ2n) is 4.52. The maximum atomic E-state index is 11.9. The highest BCUT2D eigenvalue weighted by molar-refractivity contribution is 6.46. The number of anilines is 1. The maximum Gasteiger partial charge on any atom is 0.296 e. The van der Waals surface area contributed by atoms with Gasteiger partial charge in [0.05, 0.1) is 0 Å². The van der Waals surface area contributed by atoms with Crippen LogP contribution in [0.5, 0.6) is 0 Å². The van der Waals surface area contributed by atoms with Gasteiger partial charge in [-0.05, 0) is 31.5 Å². The van der Waals surface area contributed by atoms with E-state index in [-0.39, 0.29) is 0 Å². The van der Waals surface area contributed by atoms with Crippen LogP contribution in [0, 0.1) is 13.8 Å². The summed E-state index contributed by atoms with van der Waals surface area (Å²) in [5.74, 6) is -1.14. The Bertz CT molecular complexity index is 615. The minimum absolute atomic E-state index is 0.399. The minimum Gasteiger partial charge on any atom is -0.319 e. The minimum atomic E-state index is -0.616. The molecule has 0 bridgehead atoms. The fourth-order valence-corrected chi connectivity index (χ4v) is 1.75. The van der Waals surface area contributed by atoms with E-state index in [0.29, 0.717) is 11.3 Å². The number of hydrogen-bond donors (Lipinski definition) is 1. The molecule has 0 fully saturated rings. The number of carbonyl (C=O) groups is 2. The Hall–Kier alpha value is -2.42. The highest BCUT2D eigenvalue weighted by Gasteiger charge is 2.15. The molecule has 0 unspecified atom stereocenters. The highest BCUT2D eigenvalue weighted by atomic mass is 16.2. The van der Waals surface area contributed by atoms with Gasteiger partial charge in [-0.25, -0.2) is 0 Å². The number of benzene rings is 2. The second-order valence-corrected chi connectivity index (χ2v) is 4.52. The van der Waals surface area contributed by atoms with Crippen LogP contribution in [0.15, 0.2) is 48.5 Å². The molecule has 96 valence electrons. The van der Waals surface area contributed by atoms with Crippen molar-refractivity contribution < 1.29 is 9.59 Å². The SMILES string of the molecule is Cc1ccc(C(=O)C(=O)Nc2cccc(C)c2)cc1. The molecule has 0 radical (unpaired) electrons. The van der Waals surface area contributed by atoms with Gasteiger partial charge < -0.3 is 5.32 Å².